The van der Waals surface area contributed by atoms with E-state index < -0.39 is 0 Å². The second-order valence-electron chi connectivity index (χ2n) is 4.55. The van der Waals surface area contributed by atoms with E-state index >= 15 is 0 Å². The van der Waals surface area contributed by atoms with Crippen LogP contribution in [0.1, 0.15) is 53.4 Å². The summed E-state index contributed by atoms with van der Waals surface area (Å²) in [6.45, 7) is 9.99. The summed E-state index contributed by atoms with van der Waals surface area (Å²) in [5.41, 5.74) is 0. The number of nitrogens with one attached hydrogen (secondary N) is 1. The van der Waals surface area contributed by atoms with Crippen molar-refractivity contribution < 1.29 is 4.74 Å². The third-order valence-electron chi connectivity index (χ3n) is 3.35. The highest BCUT2D eigenvalue weighted by Crippen LogP contribution is 2.11. The minimum absolute atomic E-state index is 0.300. The van der Waals surface area contributed by atoms with Crippen LogP contribution in [0.2, 0.25) is 0 Å². The molecule has 0 aliphatic heterocycles. The zero-order valence-corrected chi connectivity index (χ0v) is 11.2. The quantitative estimate of drug-likeness (QED) is 0.637. The summed E-state index contributed by atoms with van der Waals surface area (Å²) in [4.78, 5) is 0. The van der Waals surface area contributed by atoms with Crippen LogP contribution in [0.3, 0.4) is 0 Å². The highest BCUT2D eigenvalue weighted by Gasteiger charge is 2.12. The monoisotopic (exact) mass is 215 g/mol. The van der Waals surface area contributed by atoms with Crippen molar-refractivity contribution in [2.45, 2.75) is 65.5 Å². The number of unbranched alkanes of at least 4 members (excludes halogenated alkanes) is 1. The maximum absolute atomic E-state index is 5.30. The van der Waals surface area contributed by atoms with Crippen LogP contribution < -0.4 is 5.32 Å². The molecule has 0 aliphatic carbocycles. The first kappa shape index (κ1) is 14.9. The lowest BCUT2D eigenvalue weighted by molar-refractivity contribution is 0.0869. The van der Waals surface area contributed by atoms with Crippen molar-refractivity contribution in [1.82, 2.24) is 5.32 Å². The fourth-order valence-electron chi connectivity index (χ4n) is 1.67. The van der Waals surface area contributed by atoms with Gasteiger partial charge in [-0.25, -0.2) is 0 Å². The van der Waals surface area contributed by atoms with Crippen molar-refractivity contribution in [2.75, 3.05) is 13.7 Å². The second kappa shape index (κ2) is 9.17. The number of hydrogen-bond donors (Lipinski definition) is 1. The van der Waals surface area contributed by atoms with Gasteiger partial charge >= 0.3 is 0 Å². The van der Waals surface area contributed by atoms with Gasteiger partial charge in [-0.2, -0.15) is 0 Å². The van der Waals surface area contributed by atoms with Gasteiger partial charge in [0.1, 0.15) is 0 Å². The molecule has 92 valence electrons. The molecule has 0 rings (SSSR count). The Morgan fingerprint density at radius 2 is 1.87 bits per heavy atom. The topological polar surface area (TPSA) is 21.3 Å². The number of hydrogen-bond acceptors (Lipinski definition) is 2. The van der Waals surface area contributed by atoms with Crippen molar-refractivity contribution in [3.05, 3.63) is 0 Å². The Morgan fingerprint density at radius 1 is 1.20 bits per heavy atom. The van der Waals surface area contributed by atoms with Gasteiger partial charge in [-0.3, -0.25) is 0 Å². The van der Waals surface area contributed by atoms with Crippen molar-refractivity contribution in [2.24, 2.45) is 5.92 Å². The lowest BCUT2D eigenvalue weighted by Gasteiger charge is -2.23. The summed E-state index contributed by atoms with van der Waals surface area (Å²) in [5.74, 6) is 0.830. The average molecular weight is 215 g/mol. The van der Waals surface area contributed by atoms with Crippen molar-refractivity contribution >= 4 is 0 Å². The van der Waals surface area contributed by atoms with Gasteiger partial charge in [-0.15, -0.1) is 0 Å². The zero-order valence-electron chi connectivity index (χ0n) is 11.2. The molecule has 0 fully saturated rings. The number of methoxy groups -OCH3 is 1. The van der Waals surface area contributed by atoms with Crippen LogP contribution in [0.4, 0.5) is 0 Å². The van der Waals surface area contributed by atoms with Gasteiger partial charge in [-0.05, 0) is 32.7 Å². The van der Waals surface area contributed by atoms with Gasteiger partial charge in [0.15, 0.2) is 0 Å². The molecular weight excluding hydrogens is 186 g/mol. The first-order valence-electron chi connectivity index (χ1n) is 6.41. The van der Waals surface area contributed by atoms with E-state index in [9.17, 15) is 0 Å². The van der Waals surface area contributed by atoms with Crippen LogP contribution in [-0.2, 0) is 4.74 Å². The van der Waals surface area contributed by atoms with E-state index in [2.05, 4.69) is 33.0 Å². The zero-order chi connectivity index (χ0) is 11.7. The van der Waals surface area contributed by atoms with E-state index in [1.807, 2.05) is 0 Å². The summed E-state index contributed by atoms with van der Waals surface area (Å²) in [7, 11) is 1.78. The van der Waals surface area contributed by atoms with Crippen LogP contribution in [0.5, 0.6) is 0 Å². The molecule has 0 aromatic rings. The Morgan fingerprint density at radius 3 is 2.33 bits per heavy atom. The normalized spacial score (nSPS) is 17.4. The SMILES string of the molecule is CCCCC(CC)CNC(C)C(C)OC. The third kappa shape index (κ3) is 6.91. The summed E-state index contributed by atoms with van der Waals surface area (Å²) >= 11 is 0. The van der Waals surface area contributed by atoms with E-state index in [1.165, 1.54) is 25.7 Å². The van der Waals surface area contributed by atoms with Crippen LogP contribution >= 0.6 is 0 Å². The smallest absolute Gasteiger partial charge is 0.0693 e. The molecule has 0 amide bonds. The fraction of sp³-hybridized carbons (Fsp3) is 1.00. The molecule has 0 heterocycles. The molecule has 0 aromatic heterocycles. The summed E-state index contributed by atoms with van der Waals surface area (Å²) in [5, 5.41) is 3.57. The number of ether oxygens (including phenoxy) is 1. The molecule has 0 radical (unpaired) electrons. The van der Waals surface area contributed by atoms with Crippen LogP contribution in [0.15, 0.2) is 0 Å². The highest BCUT2D eigenvalue weighted by molar-refractivity contribution is 4.70. The largest absolute Gasteiger partial charge is 0.380 e. The maximum atomic E-state index is 5.30. The van der Waals surface area contributed by atoms with E-state index in [0.29, 0.717) is 12.1 Å². The lowest BCUT2D eigenvalue weighted by atomic mass is 9.99. The van der Waals surface area contributed by atoms with Crippen molar-refractivity contribution in [3.8, 4) is 0 Å². The summed E-state index contributed by atoms with van der Waals surface area (Å²) in [6, 6.07) is 0.450. The minimum atomic E-state index is 0.300. The maximum Gasteiger partial charge on any atom is 0.0693 e. The summed E-state index contributed by atoms with van der Waals surface area (Å²) < 4.78 is 5.30. The van der Waals surface area contributed by atoms with Crippen molar-refractivity contribution in [1.29, 1.82) is 0 Å². The molecule has 2 heteroatoms. The molecule has 3 unspecified atom stereocenters. The Balaban J connectivity index is 3.69. The summed E-state index contributed by atoms with van der Waals surface area (Å²) in [6.07, 6.45) is 5.60. The van der Waals surface area contributed by atoms with Crippen LogP contribution in [0, 0.1) is 5.92 Å². The molecule has 15 heavy (non-hydrogen) atoms. The molecule has 0 bridgehead atoms. The lowest BCUT2D eigenvalue weighted by Crippen LogP contribution is -2.39. The van der Waals surface area contributed by atoms with E-state index in [4.69, 9.17) is 4.74 Å². The average Bonchev–Trinajstić information content (AvgIpc) is 2.27. The first-order chi connectivity index (χ1) is 7.15. The molecular formula is C13H29NO. The molecule has 0 aliphatic rings. The number of rotatable bonds is 9. The van der Waals surface area contributed by atoms with E-state index in [1.54, 1.807) is 7.11 Å². The highest BCUT2D eigenvalue weighted by atomic mass is 16.5. The Bertz CT molecular complexity index is 138. The predicted molar refractivity (Wildman–Crippen MR) is 67.2 cm³/mol. The van der Waals surface area contributed by atoms with Gasteiger partial charge < -0.3 is 10.1 Å². The molecule has 2 nitrogen and oxygen atoms in total. The van der Waals surface area contributed by atoms with Crippen LogP contribution in [0.25, 0.3) is 0 Å². The van der Waals surface area contributed by atoms with Crippen LogP contribution in [-0.4, -0.2) is 25.8 Å². The first-order valence-corrected chi connectivity index (χ1v) is 6.41. The molecule has 0 spiro atoms. The van der Waals surface area contributed by atoms with Gasteiger partial charge in [0.2, 0.25) is 0 Å². The van der Waals surface area contributed by atoms with Gasteiger partial charge in [0.05, 0.1) is 6.10 Å². The standard InChI is InChI=1S/C13H29NO/c1-6-8-9-13(7-2)10-14-11(3)12(4)15-5/h11-14H,6-10H2,1-5H3. The Labute approximate surface area is 95.8 Å². The third-order valence-corrected chi connectivity index (χ3v) is 3.35. The second-order valence-corrected chi connectivity index (χ2v) is 4.55. The fourth-order valence-corrected chi connectivity index (χ4v) is 1.67. The van der Waals surface area contributed by atoms with Crippen molar-refractivity contribution in [3.63, 3.8) is 0 Å². The van der Waals surface area contributed by atoms with Gasteiger partial charge in [0, 0.05) is 13.2 Å². The van der Waals surface area contributed by atoms with Gasteiger partial charge in [0.25, 0.3) is 0 Å². The van der Waals surface area contributed by atoms with E-state index in [-0.39, 0.29) is 0 Å². The molecule has 0 aromatic carbocycles. The Hall–Kier alpha value is -0.0800. The van der Waals surface area contributed by atoms with E-state index in [0.717, 1.165) is 12.5 Å². The molecule has 3 atom stereocenters. The molecule has 0 saturated carbocycles. The van der Waals surface area contributed by atoms with Gasteiger partial charge in [-0.1, -0.05) is 33.1 Å². The Kier molecular flexibility index (Phi) is 9.12. The molecule has 1 N–H and O–H groups in total. The predicted octanol–water partition coefficient (Wildman–Crippen LogP) is 3.22. The minimum Gasteiger partial charge on any atom is -0.380 e. The molecule has 0 saturated heterocycles.